The summed E-state index contributed by atoms with van der Waals surface area (Å²) in [4.78, 5) is 55.0. The molecule has 0 spiro atoms. The number of hydrogen-bond acceptors (Lipinski definition) is 8. The summed E-state index contributed by atoms with van der Waals surface area (Å²) >= 11 is 0. The van der Waals surface area contributed by atoms with Crippen molar-refractivity contribution >= 4 is 29.4 Å². The highest BCUT2D eigenvalue weighted by Crippen LogP contribution is 2.28. The lowest BCUT2D eigenvalue weighted by Crippen LogP contribution is -2.49. The summed E-state index contributed by atoms with van der Waals surface area (Å²) in [5, 5.41) is 0. The van der Waals surface area contributed by atoms with Crippen LogP contribution in [0.5, 0.6) is 5.75 Å². The fraction of sp³-hybridized carbons (Fsp3) is 0.391. The van der Waals surface area contributed by atoms with Crippen LogP contribution in [-0.2, 0) is 19.1 Å². The smallest absolute Gasteiger partial charge is 0.308 e. The molecule has 10 nitrogen and oxygen atoms in total. The van der Waals surface area contributed by atoms with Crippen molar-refractivity contribution in [1.82, 2.24) is 9.80 Å². The maximum atomic E-state index is 13.3. The molecule has 2 fully saturated rings. The molecule has 33 heavy (non-hydrogen) atoms. The summed E-state index contributed by atoms with van der Waals surface area (Å²) in [5.41, 5.74) is 0.349. The van der Waals surface area contributed by atoms with Crippen LogP contribution in [0.25, 0.3) is 0 Å². The first-order chi connectivity index (χ1) is 15.9. The van der Waals surface area contributed by atoms with Crippen molar-refractivity contribution in [2.24, 2.45) is 0 Å². The first-order valence-electron chi connectivity index (χ1n) is 10.7. The van der Waals surface area contributed by atoms with Gasteiger partial charge in [-0.25, -0.2) is 4.90 Å². The largest absolute Gasteiger partial charge is 0.459 e. The van der Waals surface area contributed by atoms with Gasteiger partial charge in [0, 0.05) is 33.1 Å². The topological polar surface area (TPSA) is 110 Å². The molecule has 1 unspecified atom stereocenters. The Balaban J connectivity index is 1.53. The first kappa shape index (κ1) is 22.7. The second kappa shape index (κ2) is 9.97. The molecule has 2 saturated heterocycles. The molecule has 4 rings (SSSR count). The van der Waals surface area contributed by atoms with Crippen LogP contribution in [0.15, 0.2) is 47.1 Å². The van der Waals surface area contributed by atoms with E-state index in [-0.39, 0.29) is 18.7 Å². The number of amides is 3. The number of hydrogen-bond donors (Lipinski definition) is 0. The molecule has 174 valence electrons. The second-order valence-electron chi connectivity index (χ2n) is 7.80. The molecule has 0 radical (unpaired) electrons. The Kier molecular flexibility index (Phi) is 6.85. The number of nitrogens with zero attached hydrogens (tertiary/aromatic N) is 3. The van der Waals surface area contributed by atoms with Crippen LogP contribution in [0.4, 0.5) is 5.69 Å². The van der Waals surface area contributed by atoms with Gasteiger partial charge in [-0.15, -0.1) is 0 Å². The Labute approximate surface area is 190 Å². The summed E-state index contributed by atoms with van der Waals surface area (Å²) < 4.78 is 15.6. The predicted molar refractivity (Wildman–Crippen MR) is 116 cm³/mol. The van der Waals surface area contributed by atoms with E-state index in [1.165, 1.54) is 48.4 Å². The summed E-state index contributed by atoms with van der Waals surface area (Å²) in [6, 6.07) is 8.28. The van der Waals surface area contributed by atoms with E-state index in [2.05, 4.69) is 4.90 Å². The number of esters is 1. The van der Waals surface area contributed by atoms with Crippen LogP contribution in [0.3, 0.4) is 0 Å². The number of furan rings is 1. The van der Waals surface area contributed by atoms with Gasteiger partial charge in [0.05, 0.1) is 31.6 Å². The van der Waals surface area contributed by atoms with E-state index in [9.17, 15) is 19.2 Å². The van der Waals surface area contributed by atoms with E-state index in [0.717, 1.165) is 18.0 Å². The van der Waals surface area contributed by atoms with Gasteiger partial charge in [0.15, 0.2) is 5.76 Å². The number of carbonyl (C=O) groups is 4. The maximum Gasteiger partial charge on any atom is 0.308 e. The van der Waals surface area contributed by atoms with Crippen LogP contribution in [-0.4, -0.2) is 78.9 Å². The lowest BCUT2D eigenvalue weighted by Gasteiger charge is -2.31. The number of benzene rings is 1. The van der Waals surface area contributed by atoms with Crippen molar-refractivity contribution in [2.45, 2.75) is 19.4 Å². The van der Waals surface area contributed by atoms with Gasteiger partial charge in [-0.3, -0.25) is 24.1 Å². The Morgan fingerprint density at radius 3 is 2.48 bits per heavy atom. The minimum absolute atomic E-state index is 0.112. The molecule has 0 aliphatic carbocycles. The van der Waals surface area contributed by atoms with Crippen molar-refractivity contribution in [3.05, 3.63) is 48.4 Å². The van der Waals surface area contributed by atoms with Crippen LogP contribution in [0.1, 0.15) is 23.9 Å². The van der Waals surface area contributed by atoms with Crippen molar-refractivity contribution in [2.75, 3.05) is 44.3 Å². The minimum atomic E-state index is -0.940. The highest BCUT2D eigenvalue weighted by atomic mass is 16.5. The summed E-state index contributed by atoms with van der Waals surface area (Å²) in [5.74, 6) is -1.38. The highest BCUT2D eigenvalue weighted by molar-refractivity contribution is 6.23. The number of imide groups is 1. The molecular formula is C23H25N3O7. The van der Waals surface area contributed by atoms with Crippen LogP contribution in [0.2, 0.25) is 0 Å². The molecule has 1 atom stereocenters. The molecule has 1 aromatic heterocycles. The van der Waals surface area contributed by atoms with Crippen LogP contribution < -0.4 is 9.64 Å². The van der Waals surface area contributed by atoms with E-state index >= 15 is 0 Å². The van der Waals surface area contributed by atoms with Gasteiger partial charge >= 0.3 is 5.97 Å². The van der Waals surface area contributed by atoms with E-state index in [0.29, 0.717) is 31.2 Å². The van der Waals surface area contributed by atoms with Gasteiger partial charge in [-0.2, -0.15) is 0 Å². The molecule has 2 aliphatic rings. The summed E-state index contributed by atoms with van der Waals surface area (Å²) in [6.07, 6.45) is 1.27. The van der Waals surface area contributed by atoms with Gasteiger partial charge in [0.2, 0.25) is 5.91 Å². The fourth-order valence-corrected chi connectivity index (χ4v) is 3.97. The molecule has 1 aromatic carbocycles. The average Bonchev–Trinajstić information content (AvgIpc) is 3.44. The number of anilines is 1. The van der Waals surface area contributed by atoms with Gasteiger partial charge in [0.1, 0.15) is 11.8 Å². The molecule has 2 aromatic rings. The zero-order chi connectivity index (χ0) is 23.4. The Bertz CT molecular complexity index is 1010. The van der Waals surface area contributed by atoms with Crippen molar-refractivity contribution in [3.8, 4) is 5.75 Å². The van der Waals surface area contributed by atoms with E-state index in [1.54, 1.807) is 6.07 Å². The van der Waals surface area contributed by atoms with Gasteiger partial charge < -0.3 is 18.8 Å². The van der Waals surface area contributed by atoms with Crippen molar-refractivity contribution < 1.29 is 33.1 Å². The molecule has 10 heteroatoms. The lowest BCUT2D eigenvalue weighted by molar-refractivity contribution is -0.132. The van der Waals surface area contributed by atoms with Crippen molar-refractivity contribution in [3.63, 3.8) is 0 Å². The number of carbonyl (C=O) groups excluding carboxylic acids is 4. The van der Waals surface area contributed by atoms with Gasteiger partial charge in [0.25, 0.3) is 11.8 Å². The third-order valence-electron chi connectivity index (χ3n) is 5.61. The Morgan fingerprint density at radius 2 is 1.85 bits per heavy atom. The third-order valence-corrected chi connectivity index (χ3v) is 5.61. The van der Waals surface area contributed by atoms with Gasteiger partial charge in [-0.1, -0.05) is 0 Å². The van der Waals surface area contributed by atoms with Gasteiger partial charge in [-0.05, 0) is 36.4 Å². The average molecular weight is 455 g/mol. The number of ether oxygens (including phenoxy) is 2. The van der Waals surface area contributed by atoms with E-state index in [1.807, 2.05) is 0 Å². The fourth-order valence-electron chi connectivity index (χ4n) is 3.97. The third kappa shape index (κ3) is 5.12. The molecule has 3 heterocycles. The van der Waals surface area contributed by atoms with Crippen molar-refractivity contribution in [1.29, 1.82) is 0 Å². The molecule has 0 N–H and O–H groups in total. The standard InChI is InChI=1S/C23H25N3O7/c1-16(27)33-18-6-4-17(5-7-18)26-21(28)15-19(22(26)29)25(23(30)20-3-2-12-32-20)9-8-24-10-13-31-14-11-24/h2-7,12,19H,8-11,13-15H2,1H3. The molecule has 0 bridgehead atoms. The highest BCUT2D eigenvalue weighted by Gasteiger charge is 2.45. The normalized spacial score (nSPS) is 19.1. The maximum absolute atomic E-state index is 13.3. The Hall–Kier alpha value is -3.50. The first-order valence-corrected chi connectivity index (χ1v) is 10.7. The van der Waals surface area contributed by atoms with Crippen LogP contribution in [0, 0.1) is 0 Å². The quantitative estimate of drug-likeness (QED) is 0.349. The minimum Gasteiger partial charge on any atom is -0.459 e. The molecule has 0 saturated carbocycles. The molecule has 2 aliphatic heterocycles. The molecular weight excluding hydrogens is 430 g/mol. The predicted octanol–water partition coefficient (Wildman–Crippen LogP) is 1.31. The van der Waals surface area contributed by atoms with E-state index in [4.69, 9.17) is 13.9 Å². The van der Waals surface area contributed by atoms with E-state index < -0.39 is 29.7 Å². The zero-order valence-corrected chi connectivity index (χ0v) is 18.3. The molecule has 3 amide bonds. The Morgan fingerprint density at radius 1 is 1.12 bits per heavy atom. The summed E-state index contributed by atoms with van der Waals surface area (Å²) in [7, 11) is 0. The monoisotopic (exact) mass is 455 g/mol. The number of rotatable bonds is 7. The summed E-state index contributed by atoms with van der Waals surface area (Å²) in [6.45, 7) is 4.80. The second-order valence-corrected chi connectivity index (χ2v) is 7.80. The number of morpholine rings is 1. The zero-order valence-electron chi connectivity index (χ0n) is 18.3. The SMILES string of the molecule is CC(=O)Oc1ccc(N2C(=O)CC(N(CCN3CCOCC3)C(=O)c3ccco3)C2=O)cc1. The van der Waals surface area contributed by atoms with Crippen LogP contribution >= 0.6 is 0 Å². The lowest BCUT2D eigenvalue weighted by atomic mass is 10.2.